The molecule has 0 saturated carbocycles. The first-order chi connectivity index (χ1) is 7.66. The molecule has 0 radical (unpaired) electrons. The Labute approximate surface area is 99.7 Å². The summed E-state index contributed by atoms with van der Waals surface area (Å²) in [6, 6.07) is 2.06. The lowest BCUT2D eigenvalue weighted by Gasteiger charge is -2.29. The van der Waals surface area contributed by atoms with Gasteiger partial charge < -0.3 is 0 Å². The monoisotopic (exact) mass is 232 g/mol. The molecule has 3 rings (SSSR count). The van der Waals surface area contributed by atoms with Crippen LogP contribution in [0.4, 0.5) is 0 Å². The van der Waals surface area contributed by atoms with Crippen molar-refractivity contribution in [1.29, 1.82) is 0 Å². The van der Waals surface area contributed by atoms with Gasteiger partial charge in [0.05, 0.1) is 10.6 Å². The summed E-state index contributed by atoms with van der Waals surface area (Å²) in [5.41, 5.74) is 4.74. The normalized spacial score (nSPS) is 18.4. The Balaban J connectivity index is 2.03. The van der Waals surface area contributed by atoms with Crippen molar-refractivity contribution in [3.05, 3.63) is 28.8 Å². The number of thiophene rings is 1. The summed E-state index contributed by atoms with van der Waals surface area (Å²) in [4.78, 5) is 1.39. The summed E-state index contributed by atoms with van der Waals surface area (Å²) in [5, 5.41) is 9.43. The summed E-state index contributed by atoms with van der Waals surface area (Å²) >= 11 is 1.85. The number of rotatable bonds is 1. The fourth-order valence-corrected chi connectivity index (χ4v) is 3.62. The lowest BCUT2D eigenvalue weighted by atomic mass is 9.75. The molecule has 0 aromatic carbocycles. The van der Waals surface area contributed by atoms with Gasteiger partial charge >= 0.3 is 0 Å². The second-order valence-electron chi connectivity index (χ2n) is 5.38. The van der Waals surface area contributed by atoms with Crippen LogP contribution >= 0.6 is 11.3 Å². The molecule has 2 nitrogen and oxygen atoms in total. The van der Waals surface area contributed by atoms with Crippen LogP contribution in [0.1, 0.15) is 31.4 Å². The molecule has 0 fully saturated rings. The zero-order chi connectivity index (χ0) is 11.2. The van der Waals surface area contributed by atoms with Crippen molar-refractivity contribution in [3.8, 4) is 10.6 Å². The van der Waals surface area contributed by atoms with Crippen LogP contribution < -0.4 is 0 Å². The number of aromatic amines is 1. The Morgan fingerprint density at radius 3 is 3.06 bits per heavy atom. The maximum atomic E-state index is 4.04. The van der Waals surface area contributed by atoms with E-state index in [9.17, 15) is 0 Å². The first-order valence-corrected chi connectivity index (χ1v) is 6.63. The topological polar surface area (TPSA) is 28.7 Å². The van der Waals surface area contributed by atoms with Crippen LogP contribution in [-0.4, -0.2) is 10.2 Å². The van der Waals surface area contributed by atoms with Crippen LogP contribution in [-0.2, 0) is 12.8 Å². The largest absolute Gasteiger partial charge is 0.277 e. The maximum Gasteiger partial charge on any atom is 0.0752 e. The SMILES string of the molecule is CC1(C)CCc2c(csc2-c2ccn[nH]2)C1. The van der Waals surface area contributed by atoms with Crippen LogP contribution in [0.2, 0.25) is 0 Å². The number of aromatic nitrogens is 2. The average Bonchev–Trinajstić information content (AvgIpc) is 2.82. The van der Waals surface area contributed by atoms with Gasteiger partial charge in [0.1, 0.15) is 0 Å². The highest BCUT2D eigenvalue weighted by molar-refractivity contribution is 7.13. The van der Waals surface area contributed by atoms with Crippen LogP contribution in [0.5, 0.6) is 0 Å². The third kappa shape index (κ3) is 1.59. The lowest BCUT2D eigenvalue weighted by Crippen LogP contribution is -2.21. The molecular weight excluding hydrogens is 216 g/mol. The van der Waals surface area contributed by atoms with Gasteiger partial charge in [0.2, 0.25) is 0 Å². The molecule has 1 N–H and O–H groups in total. The third-order valence-electron chi connectivity index (χ3n) is 3.45. The first kappa shape index (κ1) is 10.1. The highest BCUT2D eigenvalue weighted by Gasteiger charge is 2.28. The van der Waals surface area contributed by atoms with Crippen LogP contribution in [0, 0.1) is 5.41 Å². The minimum atomic E-state index is 0.472. The van der Waals surface area contributed by atoms with Gasteiger partial charge in [-0.15, -0.1) is 11.3 Å². The zero-order valence-corrected chi connectivity index (χ0v) is 10.5. The molecule has 0 amide bonds. The Hall–Kier alpha value is -1.09. The number of fused-ring (bicyclic) bond motifs is 1. The van der Waals surface area contributed by atoms with Crippen molar-refractivity contribution < 1.29 is 0 Å². The molecule has 2 heterocycles. The van der Waals surface area contributed by atoms with Crippen molar-refractivity contribution in [2.75, 3.05) is 0 Å². The summed E-state index contributed by atoms with van der Waals surface area (Å²) < 4.78 is 0. The minimum absolute atomic E-state index is 0.472. The van der Waals surface area contributed by atoms with E-state index in [-0.39, 0.29) is 0 Å². The van der Waals surface area contributed by atoms with E-state index in [2.05, 4.69) is 35.5 Å². The van der Waals surface area contributed by atoms with Crippen molar-refractivity contribution in [2.45, 2.75) is 33.1 Å². The highest BCUT2D eigenvalue weighted by atomic mass is 32.1. The van der Waals surface area contributed by atoms with Crippen molar-refractivity contribution >= 4 is 11.3 Å². The van der Waals surface area contributed by atoms with E-state index < -0.39 is 0 Å². The number of hydrogen-bond acceptors (Lipinski definition) is 2. The van der Waals surface area contributed by atoms with Crippen molar-refractivity contribution in [1.82, 2.24) is 10.2 Å². The van der Waals surface area contributed by atoms with E-state index in [1.54, 1.807) is 11.1 Å². The number of H-pyrrole nitrogens is 1. The minimum Gasteiger partial charge on any atom is -0.277 e. The van der Waals surface area contributed by atoms with Crippen molar-refractivity contribution in [2.24, 2.45) is 5.41 Å². The van der Waals surface area contributed by atoms with Gasteiger partial charge in [-0.05, 0) is 47.3 Å². The van der Waals surface area contributed by atoms with Gasteiger partial charge in [-0.1, -0.05) is 13.8 Å². The second-order valence-corrected chi connectivity index (χ2v) is 6.26. The fourth-order valence-electron chi connectivity index (χ4n) is 2.52. The van der Waals surface area contributed by atoms with Crippen LogP contribution in [0.25, 0.3) is 10.6 Å². The molecule has 0 unspecified atom stereocenters. The quantitative estimate of drug-likeness (QED) is 0.798. The number of nitrogens with one attached hydrogen (secondary N) is 1. The predicted octanol–water partition coefficient (Wildman–Crippen LogP) is 3.65. The molecule has 2 aromatic heterocycles. The maximum absolute atomic E-state index is 4.04. The molecule has 0 bridgehead atoms. The Morgan fingerprint density at radius 2 is 2.31 bits per heavy atom. The molecule has 1 aliphatic rings. The average molecular weight is 232 g/mol. The van der Waals surface area contributed by atoms with Gasteiger partial charge in [-0.3, -0.25) is 5.10 Å². The second kappa shape index (κ2) is 3.45. The van der Waals surface area contributed by atoms with E-state index in [4.69, 9.17) is 0 Å². The van der Waals surface area contributed by atoms with E-state index >= 15 is 0 Å². The fraction of sp³-hybridized carbons (Fsp3) is 0.462. The van der Waals surface area contributed by atoms with Gasteiger partial charge in [-0.25, -0.2) is 0 Å². The molecule has 84 valence electrons. The smallest absolute Gasteiger partial charge is 0.0752 e. The van der Waals surface area contributed by atoms with E-state index in [0.717, 1.165) is 0 Å². The summed E-state index contributed by atoms with van der Waals surface area (Å²) in [5.74, 6) is 0. The van der Waals surface area contributed by atoms with E-state index in [0.29, 0.717) is 5.41 Å². The molecule has 0 saturated heterocycles. The van der Waals surface area contributed by atoms with Gasteiger partial charge in [0.25, 0.3) is 0 Å². The molecule has 0 atom stereocenters. The number of hydrogen-bond donors (Lipinski definition) is 1. The van der Waals surface area contributed by atoms with E-state index in [1.807, 2.05) is 17.5 Å². The molecule has 0 aliphatic heterocycles. The molecule has 3 heteroatoms. The van der Waals surface area contributed by atoms with Crippen LogP contribution in [0.15, 0.2) is 17.6 Å². The molecular formula is C13H16N2S. The molecule has 16 heavy (non-hydrogen) atoms. The zero-order valence-electron chi connectivity index (χ0n) is 9.71. The van der Waals surface area contributed by atoms with Crippen molar-refractivity contribution in [3.63, 3.8) is 0 Å². The molecule has 2 aromatic rings. The summed E-state index contributed by atoms with van der Waals surface area (Å²) in [6.07, 6.45) is 5.54. The molecule has 1 aliphatic carbocycles. The number of nitrogens with zero attached hydrogens (tertiary/aromatic N) is 1. The summed E-state index contributed by atoms with van der Waals surface area (Å²) in [6.45, 7) is 4.73. The standard InChI is InChI=1S/C13H16N2S/c1-13(2)5-3-10-9(7-13)8-16-12(10)11-4-6-14-15-11/h4,6,8H,3,5,7H2,1-2H3,(H,14,15). The van der Waals surface area contributed by atoms with Gasteiger partial charge in [0.15, 0.2) is 0 Å². The first-order valence-electron chi connectivity index (χ1n) is 5.75. The Morgan fingerprint density at radius 1 is 1.44 bits per heavy atom. The Kier molecular flexibility index (Phi) is 2.18. The van der Waals surface area contributed by atoms with E-state index in [1.165, 1.54) is 29.8 Å². The lowest BCUT2D eigenvalue weighted by molar-refractivity contribution is 0.316. The Bertz CT molecular complexity index is 494. The van der Waals surface area contributed by atoms with Crippen LogP contribution in [0.3, 0.4) is 0 Å². The van der Waals surface area contributed by atoms with Gasteiger partial charge in [-0.2, -0.15) is 5.10 Å². The summed E-state index contributed by atoms with van der Waals surface area (Å²) in [7, 11) is 0. The predicted molar refractivity (Wildman–Crippen MR) is 67.7 cm³/mol. The highest BCUT2D eigenvalue weighted by Crippen LogP contribution is 2.41. The molecule has 0 spiro atoms. The van der Waals surface area contributed by atoms with Gasteiger partial charge in [0, 0.05) is 6.20 Å². The third-order valence-corrected chi connectivity index (χ3v) is 4.55.